The minimum atomic E-state index is -3.71. The number of nitrogens with zero attached hydrogens (tertiary/aromatic N) is 1. The molecule has 1 aliphatic heterocycles. The molecule has 0 spiro atoms. The number of ether oxygens (including phenoxy) is 1. The lowest BCUT2D eigenvalue weighted by molar-refractivity contribution is 0.192. The van der Waals surface area contributed by atoms with Gasteiger partial charge < -0.3 is 9.84 Å². The van der Waals surface area contributed by atoms with Crippen LogP contribution in [0.1, 0.15) is 38.2 Å². The van der Waals surface area contributed by atoms with Crippen LogP contribution < -0.4 is 4.74 Å². The van der Waals surface area contributed by atoms with E-state index in [2.05, 4.69) is 0 Å². The zero-order valence-corrected chi connectivity index (χ0v) is 15.2. The highest BCUT2D eigenvalue weighted by molar-refractivity contribution is 7.89. The van der Waals surface area contributed by atoms with Crippen LogP contribution in [0.2, 0.25) is 5.02 Å². The molecule has 7 heteroatoms. The SMILES string of the molecule is CCOc1cc(C)c(Cl)cc1S(=O)(=O)N1CCCCC1CCO. The molecule has 1 saturated heterocycles. The zero-order valence-electron chi connectivity index (χ0n) is 13.6. The molecule has 1 aromatic carbocycles. The van der Waals surface area contributed by atoms with Crippen LogP contribution in [-0.2, 0) is 10.0 Å². The molecule has 2 rings (SSSR count). The fourth-order valence-corrected chi connectivity index (χ4v) is 5.05. The monoisotopic (exact) mass is 361 g/mol. The van der Waals surface area contributed by atoms with Gasteiger partial charge >= 0.3 is 0 Å². The Hall–Kier alpha value is -0.820. The maximum absolute atomic E-state index is 13.1. The molecule has 23 heavy (non-hydrogen) atoms. The first-order chi connectivity index (χ1) is 10.9. The van der Waals surface area contributed by atoms with Gasteiger partial charge in [-0.3, -0.25) is 0 Å². The summed E-state index contributed by atoms with van der Waals surface area (Å²) in [6.45, 7) is 4.45. The normalized spacial score (nSPS) is 19.7. The third-order valence-corrected chi connectivity index (χ3v) is 6.53. The average Bonchev–Trinajstić information content (AvgIpc) is 2.51. The molecule has 5 nitrogen and oxygen atoms in total. The van der Waals surface area contributed by atoms with Crippen molar-refractivity contribution in [1.82, 2.24) is 4.31 Å². The third kappa shape index (κ3) is 3.99. The van der Waals surface area contributed by atoms with E-state index in [1.54, 1.807) is 6.07 Å². The van der Waals surface area contributed by atoms with Gasteiger partial charge in [-0.2, -0.15) is 4.31 Å². The summed E-state index contributed by atoms with van der Waals surface area (Å²) in [5.41, 5.74) is 0.777. The Morgan fingerprint density at radius 2 is 2.13 bits per heavy atom. The first-order valence-corrected chi connectivity index (χ1v) is 9.79. The van der Waals surface area contributed by atoms with E-state index in [0.717, 1.165) is 24.8 Å². The van der Waals surface area contributed by atoms with Crippen molar-refractivity contribution < 1.29 is 18.3 Å². The highest BCUT2D eigenvalue weighted by Crippen LogP contribution is 2.35. The second-order valence-electron chi connectivity index (χ2n) is 5.76. The zero-order chi connectivity index (χ0) is 17.0. The summed E-state index contributed by atoms with van der Waals surface area (Å²) in [4.78, 5) is 0.111. The van der Waals surface area contributed by atoms with Crippen LogP contribution in [0.5, 0.6) is 5.75 Å². The predicted octanol–water partition coefficient (Wildman–Crippen LogP) is 2.97. The van der Waals surface area contributed by atoms with E-state index in [0.29, 0.717) is 30.3 Å². The van der Waals surface area contributed by atoms with Gasteiger partial charge in [-0.25, -0.2) is 8.42 Å². The van der Waals surface area contributed by atoms with E-state index in [1.807, 2.05) is 13.8 Å². The van der Waals surface area contributed by atoms with E-state index >= 15 is 0 Å². The van der Waals surface area contributed by atoms with Crippen LogP contribution in [-0.4, -0.2) is 43.6 Å². The average molecular weight is 362 g/mol. The van der Waals surface area contributed by atoms with Crippen LogP contribution in [0.3, 0.4) is 0 Å². The molecular formula is C16H24ClNO4S. The number of sulfonamides is 1. The lowest BCUT2D eigenvalue weighted by Gasteiger charge is -2.34. The van der Waals surface area contributed by atoms with Gasteiger partial charge in [0.1, 0.15) is 10.6 Å². The van der Waals surface area contributed by atoms with Gasteiger partial charge in [0, 0.05) is 24.2 Å². The smallest absolute Gasteiger partial charge is 0.247 e. The first-order valence-electron chi connectivity index (χ1n) is 7.97. The fourth-order valence-electron chi connectivity index (χ4n) is 2.96. The van der Waals surface area contributed by atoms with E-state index in [9.17, 15) is 13.5 Å². The Labute approximate surface area is 143 Å². The van der Waals surface area contributed by atoms with Crippen LogP contribution in [0, 0.1) is 6.92 Å². The maximum Gasteiger partial charge on any atom is 0.247 e. The molecule has 1 N–H and O–H groups in total. The summed E-state index contributed by atoms with van der Waals surface area (Å²) in [7, 11) is -3.71. The number of piperidine rings is 1. The van der Waals surface area contributed by atoms with Crippen LogP contribution >= 0.6 is 11.6 Å². The molecule has 1 heterocycles. The summed E-state index contributed by atoms with van der Waals surface area (Å²) in [5.74, 6) is 0.336. The molecule has 0 radical (unpaired) electrons. The van der Waals surface area contributed by atoms with Gasteiger partial charge in [-0.15, -0.1) is 0 Å². The van der Waals surface area contributed by atoms with Gasteiger partial charge in [0.2, 0.25) is 10.0 Å². The Bertz CT molecular complexity index is 646. The lowest BCUT2D eigenvalue weighted by Crippen LogP contribution is -2.44. The van der Waals surface area contributed by atoms with Gasteiger partial charge in [0.25, 0.3) is 0 Å². The molecule has 1 fully saturated rings. The van der Waals surface area contributed by atoms with E-state index in [1.165, 1.54) is 10.4 Å². The standard InChI is InChI=1S/C16H24ClNO4S/c1-3-22-15-10-12(2)14(17)11-16(15)23(20,21)18-8-5-4-6-13(18)7-9-19/h10-11,13,19H,3-9H2,1-2H3. The third-order valence-electron chi connectivity index (χ3n) is 4.15. The number of benzene rings is 1. The van der Waals surface area contributed by atoms with Crippen LogP contribution in [0.25, 0.3) is 0 Å². The van der Waals surface area contributed by atoms with Crippen molar-refractivity contribution in [2.45, 2.75) is 50.5 Å². The quantitative estimate of drug-likeness (QED) is 0.845. The van der Waals surface area contributed by atoms with Crippen LogP contribution in [0.4, 0.5) is 0 Å². The van der Waals surface area contributed by atoms with Crippen molar-refractivity contribution >= 4 is 21.6 Å². The van der Waals surface area contributed by atoms with Gasteiger partial charge in [0.15, 0.2) is 0 Å². The first kappa shape index (κ1) is 18.5. The molecule has 0 amide bonds. The van der Waals surface area contributed by atoms with Crippen LogP contribution in [0.15, 0.2) is 17.0 Å². The molecule has 1 aliphatic rings. The fraction of sp³-hybridized carbons (Fsp3) is 0.625. The largest absolute Gasteiger partial charge is 0.492 e. The topological polar surface area (TPSA) is 66.8 Å². The summed E-state index contributed by atoms with van der Waals surface area (Å²) >= 11 is 6.15. The van der Waals surface area contributed by atoms with Gasteiger partial charge in [-0.05, 0) is 50.8 Å². The second kappa shape index (κ2) is 7.83. The Kier molecular flexibility index (Phi) is 6.31. The number of rotatable bonds is 6. The molecule has 0 aromatic heterocycles. The Balaban J connectivity index is 2.47. The van der Waals surface area contributed by atoms with Crippen molar-refractivity contribution in [3.8, 4) is 5.75 Å². The molecule has 0 aliphatic carbocycles. The summed E-state index contributed by atoms with van der Waals surface area (Å²) in [6, 6.07) is 2.97. The van der Waals surface area contributed by atoms with Gasteiger partial charge in [0.05, 0.1) is 6.61 Å². The van der Waals surface area contributed by atoms with Gasteiger partial charge in [-0.1, -0.05) is 18.0 Å². The molecular weight excluding hydrogens is 338 g/mol. The van der Waals surface area contributed by atoms with Crippen molar-refractivity contribution in [2.24, 2.45) is 0 Å². The molecule has 0 bridgehead atoms. The molecule has 0 saturated carbocycles. The maximum atomic E-state index is 13.1. The predicted molar refractivity (Wildman–Crippen MR) is 90.6 cm³/mol. The molecule has 130 valence electrons. The van der Waals surface area contributed by atoms with E-state index < -0.39 is 10.0 Å². The minimum absolute atomic E-state index is 0.0241. The molecule has 1 aromatic rings. The van der Waals surface area contributed by atoms with Crippen molar-refractivity contribution in [1.29, 1.82) is 0 Å². The number of aliphatic hydroxyl groups is 1. The van der Waals surface area contributed by atoms with Crippen molar-refractivity contribution in [2.75, 3.05) is 19.8 Å². The number of hydrogen-bond acceptors (Lipinski definition) is 4. The lowest BCUT2D eigenvalue weighted by atomic mass is 10.0. The number of aliphatic hydroxyl groups excluding tert-OH is 1. The van der Waals surface area contributed by atoms with E-state index in [4.69, 9.17) is 16.3 Å². The summed E-state index contributed by atoms with van der Waals surface area (Å²) in [5, 5.41) is 9.63. The highest BCUT2D eigenvalue weighted by Gasteiger charge is 2.35. The van der Waals surface area contributed by atoms with E-state index in [-0.39, 0.29) is 17.5 Å². The minimum Gasteiger partial charge on any atom is -0.492 e. The summed E-state index contributed by atoms with van der Waals surface area (Å²) in [6.07, 6.45) is 3.01. The molecule has 1 unspecified atom stereocenters. The number of aryl methyl sites for hydroxylation is 1. The highest BCUT2D eigenvalue weighted by atomic mass is 35.5. The van der Waals surface area contributed by atoms with Crippen molar-refractivity contribution in [3.63, 3.8) is 0 Å². The second-order valence-corrected chi connectivity index (χ2v) is 8.02. The Morgan fingerprint density at radius 3 is 2.78 bits per heavy atom. The number of halogens is 1. The Morgan fingerprint density at radius 1 is 1.39 bits per heavy atom. The summed E-state index contributed by atoms with van der Waals surface area (Å²) < 4.78 is 33.3. The number of hydrogen-bond donors (Lipinski definition) is 1. The molecule has 1 atom stereocenters. The van der Waals surface area contributed by atoms with Crippen molar-refractivity contribution in [3.05, 3.63) is 22.7 Å².